The summed E-state index contributed by atoms with van der Waals surface area (Å²) in [5.41, 5.74) is 3.37. The van der Waals surface area contributed by atoms with E-state index in [1.807, 2.05) is 24.5 Å². The summed E-state index contributed by atoms with van der Waals surface area (Å²) >= 11 is 0. The zero-order valence-corrected chi connectivity index (χ0v) is 13.7. The molecule has 1 aromatic carbocycles. The molecule has 122 valence electrons. The normalized spacial score (nSPS) is 18.3. The van der Waals surface area contributed by atoms with Gasteiger partial charge in [-0.1, -0.05) is 24.3 Å². The number of likely N-dealkylation sites (N-methyl/N-ethyl adjacent to an activating group) is 1. The van der Waals surface area contributed by atoms with Gasteiger partial charge in [0, 0.05) is 36.6 Å². The van der Waals surface area contributed by atoms with Crippen molar-refractivity contribution in [3.05, 3.63) is 47.8 Å². The first-order valence-electron chi connectivity index (χ1n) is 7.97. The number of ether oxygens (including phenoxy) is 2. The molecule has 1 aromatic heterocycles. The van der Waals surface area contributed by atoms with Crippen LogP contribution in [0.5, 0.6) is 0 Å². The molecule has 0 amide bonds. The van der Waals surface area contributed by atoms with Gasteiger partial charge in [-0.3, -0.25) is 4.90 Å². The van der Waals surface area contributed by atoms with E-state index >= 15 is 0 Å². The predicted molar refractivity (Wildman–Crippen MR) is 89.1 cm³/mol. The first kappa shape index (κ1) is 16.1. The van der Waals surface area contributed by atoms with Crippen LogP contribution in [0.4, 0.5) is 0 Å². The van der Waals surface area contributed by atoms with E-state index in [2.05, 4.69) is 41.0 Å². The topological polar surface area (TPSA) is 47.5 Å². The van der Waals surface area contributed by atoms with Gasteiger partial charge in [0.15, 0.2) is 5.82 Å². The molecule has 0 radical (unpaired) electrons. The molecule has 0 bridgehead atoms. The smallest absolute Gasteiger partial charge is 0.159 e. The Balaban J connectivity index is 1.60. The molecule has 1 aliphatic rings. The van der Waals surface area contributed by atoms with Gasteiger partial charge in [-0.25, -0.2) is 9.97 Å². The molecular formula is C18H23N3O2. The van der Waals surface area contributed by atoms with E-state index in [0.717, 1.165) is 30.0 Å². The van der Waals surface area contributed by atoms with Crippen molar-refractivity contribution in [3.8, 4) is 11.4 Å². The number of rotatable bonds is 5. The summed E-state index contributed by atoms with van der Waals surface area (Å²) in [6.07, 6.45) is 3.97. The number of hydrogen-bond acceptors (Lipinski definition) is 5. The van der Waals surface area contributed by atoms with Crippen molar-refractivity contribution in [2.45, 2.75) is 19.6 Å². The highest BCUT2D eigenvalue weighted by molar-refractivity contribution is 5.59. The molecule has 0 aliphatic carbocycles. The van der Waals surface area contributed by atoms with Crippen molar-refractivity contribution in [2.24, 2.45) is 0 Å². The summed E-state index contributed by atoms with van der Waals surface area (Å²) in [5, 5.41) is 0. The summed E-state index contributed by atoms with van der Waals surface area (Å²) in [4.78, 5) is 11.2. The van der Waals surface area contributed by atoms with Crippen LogP contribution in [0.25, 0.3) is 11.4 Å². The lowest BCUT2D eigenvalue weighted by molar-refractivity contribution is -0.0962. The third kappa shape index (κ3) is 4.34. The maximum absolute atomic E-state index is 5.68. The molecule has 0 N–H and O–H groups in total. The molecule has 3 rings (SSSR count). The Morgan fingerprint density at radius 1 is 1.17 bits per heavy atom. The fourth-order valence-corrected chi connectivity index (χ4v) is 2.77. The minimum absolute atomic E-state index is 0.154. The van der Waals surface area contributed by atoms with Crippen LogP contribution in [0, 0.1) is 6.92 Å². The molecule has 1 aliphatic heterocycles. The Hall–Kier alpha value is -1.82. The summed E-state index contributed by atoms with van der Waals surface area (Å²) in [7, 11) is 2.08. The molecule has 1 atom stereocenters. The molecule has 0 spiro atoms. The highest BCUT2D eigenvalue weighted by atomic mass is 16.6. The van der Waals surface area contributed by atoms with Crippen LogP contribution in [-0.2, 0) is 16.0 Å². The van der Waals surface area contributed by atoms with Gasteiger partial charge >= 0.3 is 0 Å². The second-order valence-corrected chi connectivity index (χ2v) is 5.99. The standard InChI is InChI=1S/C18H23N3O2/c1-14-5-3-4-6-17(14)18-19-9-15(10-20-18)11-21(2)12-16-13-22-7-8-23-16/h3-6,9-10,16H,7-8,11-13H2,1-2H3/t16-/m0/s1. The minimum Gasteiger partial charge on any atom is -0.376 e. The minimum atomic E-state index is 0.154. The van der Waals surface area contributed by atoms with Crippen LogP contribution in [0.15, 0.2) is 36.7 Å². The SMILES string of the molecule is Cc1ccccc1-c1ncc(CN(C)C[C@H]2COCCO2)cn1. The van der Waals surface area contributed by atoms with Gasteiger partial charge < -0.3 is 9.47 Å². The van der Waals surface area contributed by atoms with Crippen molar-refractivity contribution in [2.75, 3.05) is 33.4 Å². The molecule has 1 saturated heterocycles. The lowest BCUT2D eigenvalue weighted by Crippen LogP contribution is -2.38. The maximum Gasteiger partial charge on any atom is 0.159 e. The van der Waals surface area contributed by atoms with Gasteiger partial charge in [-0.15, -0.1) is 0 Å². The largest absolute Gasteiger partial charge is 0.376 e. The van der Waals surface area contributed by atoms with Gasteiger partial charge in [0.05, 0.1) is 25.9 Å². The summed E-state index contributed by atoms with van der Waals surface area (Å²) in [6.45, 7) is 5.79. The molecule has 23 heavy (non-hydrogen) atoms. The fourth-order valence-electron chi connectivity index (χ4n) is 2.77. The van der Waals surface area contributed by atoms with Crippen molar-refractivity contribution in [3.63, 3.8) is 0 Å². The average Bonchev–Trinajstić information content (AvgIpc) is 2.57. The molecule has 0 unspecified atom stereocenters. The van der Waals surface area contributed by atoms with Crippen molar-refractivity contribution >= 4 is 0 Å². The Labute approximate surface area is 137 Å². The average molecular weight is 313 g/mol. The fraction of sp³-hybridized carbons (Fsp3) is 0.444. The highest BCUT2D eigenvalue weighted by Gasteiger charge is 2.16. The van der Waals surface area contributed by atoms with E-state index in [1.165, 1.54) is 5.56 Å². The van der Waals surface area contributed by atoms with E-state index in [-0.39, 0.29) is 6.10 Å². The molecule has 1 fully saturated rings. The van der Waals surface area contributed by atoms with E-state index in [0.29, 0.717) is 19.8 Å². The Bertz CT molecular complexity index is 624. The Morgan fingerprint density at radius 2 is 1.96 bits per heavy atom. The van der Waals surface area contributed by atoms with Gasteiger partial charge in [-0.05, 0) is 19.5 Å². The Kier molecular flexibility index (Phi) is 5.33. The van der Waals surface area contributed by atoms with E-state index in [4.69, 9.17) is 9.47 Å². The number of aromatic nitrogens is 2. The van der Waals surface area contributed by atoms with Crippen LogP contribution in [0.3, 0.4) is 0 Å². The molecular weight excluding hydrogens is 290 g/mol. The van der Waals surface area contributed by atoms with E-state index < -0.39 is 0 Å². The van der Waals surface area contributed by atoms with Crippen LogP contribution >= 0.6 is 0 Å². The highest BCUT2D eigenvalue weighted by Crippen LogP contribution is 2.18. The van der Waals surface area contributed by atoms with Crippen LogP contribution in [-0.4, -0.2) is 54.4 Å². The number of nitrogens with zero attached hydrogens (tertiary/aromatic N) is 3. The summed E-state index contributed by atoms with van der Waals surface area (Å²) in [5.74, 6) is 0.776. The molecule has 2 aromatic rings. The van der Waals surface area contributed by atoms with Crippen LogP contribution in [0.1, 0.15) is 11.1 Å². The molecule has 2 heterocycles. The summed E-state index contributed by atoms with van der Waals surface area (Å²) < 4.78 is 11.1. The lowest BCUT2D eigenvalue weighted by atomic mass is 10.1. The van der Waals surface area contributed by atoms with Crippen molar-refractivity contribution in [1.82, 2.24) is 14.9 Å². The van der Waals surface area contributed by atoms with E-state index in [9.17, 15) is 0 Å². The zero-order chi connectivity index (χ0) is 16.1. The van der Waals surface area contributed by atoms with E-state index in [1.54, 1.807) is 0 Å². The second-order valence-electron chi connectivity index (χ2n) is 5.99. The number of hydrogen-bond donors (Lipinski definition) is 0. The molecule has 0 saturated carbocycles. The predicted octanol–water partition coefficient (Wildman–Crippen LogP) is 2.30. The Morgan fingerprint density at radius 3 is 2.65 bits per heavy atom. The number of aryl methyl sites for hydroxylation is 1. The van der Waals surface area contributed by atoms with Gasteiger partial charge in [-0.2, -0.15) is 0 Å². The molecule has 5 nitrogen and oxygen atoms in total. The third-order valence-electron chi connectivity index (χ3n) is 3.94. The zero-order valence-electron chi connectivity index (χ0n) is 13.7. The van der Waals surface area contributed by atoms with Crippen molar-refractivity contribution in [1.29, 1.82) is 0 Å². The van der Waals surface area contributed by atoms with Crippen molar-refractivity contribution < 1.29 is 9.47 Å². The number of benzene rings is 1. The quantitative estimate of drug-likeness (QED) is 0.847. The molecule has 5 heteroatoms. The third-order valence-corrected chi connectivity index (χ3v) is 3.94. The van der Waals surface area contributed by atoms with Gasteiger partial charge in [0.2, 0.25) is 0 Å². The first-order chi connectivity index (χ1) is 11.2. The van der Waals surface area contributed by atoms with Gasteiger partial charge in [0.25, 0.3) is 0 Å². The van der Waals surface area contributed by atoms with Gasteiger partial charge in [0.1, 0.15) is 0 Å². The monoisotopic (exact) mass is 313 g/mol. The maximum atomic E-state index is 5.68. The second kappa shape index (κ2) is 7.64. The summed E-state index contributed by atoms with van der Waals surface area (Å²) in [6, 6.07) is 8.17. The van der Waals surface area contributed by atoms with Crippen LogP contribution < -0.4 is 0 Å². The first-order valence-corrected chi connectivity index (χ1v) is 7.97. The van der Waals surface area contributed by atoms with Crippen LogP contribution in [0.2, 0.25) is 0 Å². The lowest BCUT2D eigenvalue weighted by Gasteiger charge is -2.27.